The Morgan fingerprint density at radius 1 is 1.12 bits per heavy atom. The van der Waals surface area contributed by atoms with Crippen LogP contribution in [0.15, 0.2) is 53.7 Å². The first kappa shape index (κ1) is 16.8. The molecule has 6 nitrogen and oxygen atoms in total. The van der Waals surface area contributed by atoms with E-state index >= 15 is 0 Å². The van der Waals surface area contributed by atoms with Crippen LogP contribution in [0, 0.1) is 0 Å². The molecular weight excluding hydrogens is 350 g/mol. The van der Waals surface area contributed by atoms with Gasteiger partial charge in [-0.25, -0.2) is 13.4 Å². The number of sulfone groups is 1. The van der Waals surface area contributed by atoms with Crippen LogP contribution in [0.2, 0.25) is 0 Å². The Balaban J connectivity index is 1.57. The van der Waals surface area contributed by atoms with E-state index in [1.807, 2.05) is 0 Å². The maximum atomic E-state index is 12.7. The Kier molecular flexibility index (Phi) is 4.24. The molecule has 1 heterocycles. The SMILES string of the molecule is O=C(Nc1cccc(S(=O)(=O)C2CCCC2)c1)c1ccc2nc[nH]c2c1. The predicted octanol–water partition coefficient (Wildman–Crippen LogP) is 3.53. The highest BCUT2D eigenvalue weighted by atomic mass is 32.2. The summed E-state index contributed by atoms with van der Waals surface area (Å²) in [6.07, 6.45) is 4.91. The van der Waals surface area contributed by atoms with Crippen molar-refractivity contribution in [1.82, 2.24) is 9.97 Å². The molecule has 1 amide bonds. The Hall–Kier alpha value is -2.67. The third kappa shape index (κ3) is 3.10. The highest BCUT2D eigenvalue weighted by molar-refractivity contribution is 7.92. The normalized spacial score (nSPS) is 15.4. The summed E-state index contributed by atoms with van der Waals surface area (Å²) < 4.78 is 25.5. The molecule has 1 fully saturated rings. The molecule has 0 bridgehead atoms. The zero-order valence-corrected chi connectivity index (χ0v) is 14.9. The van der Waals surface area contributed by atoms with Crippen molar-refractivity contribution in [3.8, 4) is 0 Å². The number of rotatable bonds is 4. The molecule has 1 aliphatic rings. The summed E-state index contributed by atoms with van der Waals surface area (Å²) in [5.41, 5.74) is 2.51. The number of amides is 1. The minimum absolute atomic E-state index is 0.270. The van der Waals surface area contributed by atoms with Gasteiger partial charge in [-0.05, 0) is 49.2 Å². The number of imidazole rings is 1. The smallest absolute Gasteiger partial charge is 0.255 e. The molecule has 4 rings (SSSR count). The third-order valence-electron chi connectivity index (χ3n) is 4.84. The van der Waals surface area contributed by atoms with Crippen molar-refractivity contribution in [3.05, 3.63) is 54.4 Å². The number of aromatic nitrogens is 2. The van der Waals surface area contributed by atoms with E-state index in [4.69, 9.17) is 0 Å². The summed E-state index contributed by atoms with van der Waals surface area (Å²) in [7, 11) is -3.35. The first-order valence-corrected chi connectivity index (χ1v) is 10.2. The van der Waals surface area contributed by atoms with Gasteiger partial charge in [-0.3, -0.25) is 4.79 Å². The van der Waals surface area contributed by atoms with Gasteiger partial charge in [0.2, 0.25) is 0 Å². The molecule has 2 aromatic carbocycles. The van der Waals surface area contributed by atoms with Crippen LogP contribution in [0.4, 0.5) is 5.69 Å². The summed E-state index contributed by atoms with van der Waals surface area (Å²) in [5, 5.41) is 2.47. The van der Waals surface area contributed by atoms with Crippen molar-refractivity contribution in [1.29, 1.82) is 0 Å². The number of fused-ring (bicyclic) bond motifs is 1. The van der Waals surface area contributed by atoms with E-state index in [-0.39, 0.29) is 16.1 Å². The van der Waals surface area contributed by atoms with Gasteiger partial charge < -0.3 is 10.3 Å². The lowest BCUT2D eigenvalue weighted by atomic mass is 10.2. The topological polar surface area (TPSA) is 91.9 Å². The molecule has 134 valence electrons. The first-order chi connectivity index (χ1) is 12.5. The molecule has 2 N–H and O–H groups in total. The molecule has 0 radical (unpaired) electrons. The molecule has 3 aromatic rings. The highest BCUT2D eigenvalue weighted by Gasteiger charge is 2.30. The summed E-state index contributed by atoms with van der Waals surface area (Å²) in [4.78, 5) is 19.9. The number of carbonyl (C=O) groups is 1. The summed E-state index contributed by atoms with van der Waals surface area (Å²) in [6, 6.07) is 11.7. The van der Waals surface area contributed by atoms with Gasteiger partial charge in [0.1, 0.15) is 0 Å². The molecule has 1 saturated carbocycles. The highest BCUT2D eigenvalue weighted by Crippen LogP contribution is 2.30. The zero-order chi connectivity index (χ0) is 18.1. The van der Waals surface area contributed by atoms with Gasteiger partial charge in [0, 0.05) is 11.3 Å². The van der Waals surface area contributed by atoms with Crippen LogP contribution in [0.1, 0.15) is 36.0 Å². The van der Waals surface area contributed by atoms with Crippen molar-refractivity contribution in [2.45, 2.75) is 35.8 Å². The van der Waals surface area contributed by atoms with Crippen LogP contribution in [0.25, 0.3) is 11.0 Å². The van der Waals surface area contributed by atoms with Crippen LogP contribution in [0.5, 0.6) is 0 Å². The van der Waals surface area contributed by atoms with E-state index in [0.29, 0.717) is 24.1 Å². The summed E-state index contributed by atoms with van der Waals surface area (Å²) >= 11 is 0. The van der Waals surface area contributed by atoms with E-state index in [2.05, 4.69) is 15.3 Å². The van der Waals surface area contributed by atoms with Crippen molar-refractivity contribution in [2.24, 2.45) is 0 Å². The minimum Gasteiger partial charge on any atom is -0.345 e. The average Bonchev–Trinajstić information content (AvgIpc) is 3.33. The number of hydrogen-bond donors (Lipinski definition) is 2. The number of aromatic amines is 1. The number of benzene rings is 2. The van der Waals surface area contributed by atoms with E-state index in [9.17, 15) is 13.2 Å². The van der Waals surface area contributed by atoms with Crippen LogP contribution in [0.3, 0.4) is 0 Å². The lowest BCUT2D eigenvalue weighted by Crippen LogP contribution is -2.18. The largest absolute Gasteiger partial charge is 0.345 e. The quantitative estimate of drug-likeness (QED) is 0.736. The predicted molar refractivity (Wildman–Crippen MR) is 99.9 cm³/mol. The first-order valence-electron chi connectivity index (χ1n) is 8.62. The molecule has 0 saturated heterocycles. The van der Waals surface area contributed by atoms with E-state index in [1.165, 1.54) is 0 Å². The Bertz CT molecular complexity index is 1070. The number of anilines is 1. The fourth-order valence-corrected chi connectivity index (χ4v) is 5.32. The maximum absolute atomic E-state index is 12.7. The molecule has 0 aliphatic heterocycles. The van der Waals surface area contributed by atoms with E-state index in [0.717, 1.165) is 23.9 Å². The van der Waals surface area contributed by atoms with Crippen LogP contribution in [-0.2, 0) is 9.84 Å². The van der Waals surface area contributed by atoms with Gasteiger partial charge in [0.25, 0.3) is 5.91 Å². The van der Waals surface area contributed by atoms with Crippen molar-refractivity contribution >= 4 is 32.5 Å². The van der Waals surface area contributed by atoms with Crippen LogP contribution < -0.4 is 5.32 Å². The molecule has 0 atom stereocenters. The molecule has 7 heteroatoms. The van der Waals surface area contributed by atoms with Gasteiger partial charge in [-0.1, -0.05) is 18.9 Å². The van der Waals surface area contributed by atoms with Gasteiger partial charge in [0.15, 0.2) is 9.84 Å². The van der Waals surface area contributed by atoms with Gasteiger partial charge >= 0.3 is 0 Å². The fraction of sp³-hybridized carbons (Fsp3) is 0.263. The Labute approximate surface area is 151 Å². The van der Waals surface area contributed by atoms with Crippen LogP contribution in [-0.4, -0.2) is 29.5 Å². The van der Waals surface area contributed by atoms with Gasteiger partial charge in [-0.15, -0.1) is 0 Å². The summed E-state index contributed by atoms with van der Waals surface area (Å²) in [6.45, 7) is 0. The number of nitrogens with one attached hydrogen (secondary N) is 2. The second-order valence-electron chi connectivity index (χ2n) is 6.57. The molecular formula is C19H19N3O3S. The number of H-pyrrole nitrogens is 1. The average molecular weight is 369 g/mol. The maximum Gasteiger partial charge on any atom is 0.255 e. The molecule has 0 unspecified atom stereocenters. The monoisotopic (exact) mass is 369 g/mol. The second kappa shape index (κ2) is 6.57. The lowest BCUT2D eigenvalue weighted by molar-refractivity contribution is 0.102. The standard InChI is InChI=1S/C19H19N3O3S/c23-19(13-8-9-17-18(10-13)21-12-20-17)22-14-4-3-7-16(11-14)26(24,25)15-5-1-2-6-15/h3-4,7-12,15H,1-2,5-6H2,(H,20,21)(H,22,23). The van der Waals surface area contributed by atoms with E-state index in [1.54, 1.807) is 48.8 Å². The van der Waals surface area contributed by atoms with Crippen molar-refractivity contribution in [2.75, 3.05) is 5.32 Å². The number of nitrogens with zero attached hydrogens (tertiary/aromatic N) is 1. The minimum atomic E-state index is -3.35. The van der Waals surface area contributed by atoms with Gasteiger partial charge in [0.05, 0.1) is 27.5 Å². The zero-order valence-electron chi connectivity index (χ0n) is 14.1. The number of hydrogen-bond acceptors (Lipinski definition) is 4. The molecule has 1 aromatic heterocycles. The third-order valence-corrected chi connectivity index (χ3v) is 7.10. The Morgan fingerprint density at radius 3 is 2.73 bits per heavy atom. The lowest BCUT2D eigenvalue weighted by Gasteiger charge is -2.12. The van der Waals surface area contributed by atoms with Crippen molar-refractivity contribution in [3.63, 3.8) is 0 Å². The van der Waals surface area contributed by atoms with E-state index < -0.39 is 9.84 Å². The van der Waals surface area contributed by atoms with Crippen molar-refractivity contribution < 1.29 is 13.2 Å². The van der Waals surface area contributed by atoms with Gasteiger partial charge in [-0.2, -0.15) is 0 Å². The summed E-state index contributed by atoms with van der Waals surface area (Å²) in [5.74, 6) is -0.295. The molecule has 1 aliphatic carbocycles. The Morgan fingerprint density at radius 2 is 1.92 bits per heavy atom. The number of carbonyl (C=O) groups excluding carboxylic acids is 1. The molecule has 26 heavy (non-hydrogen) atoms. The van der Waals surface area contributed by atoms with Crippen LogP contribution >= 0.6 is 0 Å². The molecule has 0 spiro atoms. The second-order valence-corrected chi connectivity index (χ2v) is 8.80. The fourth-order valence-electron chi connectivity index (χ4n) is 3.42.